The Morgan fingerprint density at radius 2 is 1.80 bits per heavy atom. The van der Waals surface area contributed by atoms with E-state index in [0.717, 1.165) is 12.5 Å². The molecule has 104 valence electrons. The number of nitrogens with zero attached hydrogens (tertiary/aromatic N) is 1. The second kappa shape index (κ2) is 5.12. The zero-order chi connectivity index (χ0) is 14.1. The summed E-state index contributed by atoms with van der Waals surface area (Å²) in [6, 6.07) is 12.6. The molecule has 3 rings (SSSR count). The number of hydrogen-bond donors (Lipinski definition) is 1. The molecule has 0 aromatic heterocycles. The van der Waals surface area contributed by atoms with Crippen molar-refractivity contribution in [2.45, 2.75) is 12.3 Å². The molecule has 2 aromatic carbocycles. The van der Waals surface area contributed by atoms with Gasteiger partial charge in [-0.15, -0.1) is 0 Å². The van der Waals surface area contributed by atoms with E-state index in [-0.39, 0.29) is 11.4 Å². The highest BCUT2D eigenvalue weighted by molar-refractivity contribution is 5.69. The smallest absolute Gasteiger partial charge is 0.184 e. The van der Waals surface area contributed by atoms with Crippen LogP contribution in [0.5, 0.6) is 0 Å². The van der Waals surface area contributed by atoms with E-state index in [1.165, 1.54) is 11.6 Å². The first-order chi connectivity index (χ1) is 9.66. The summed E-state index contributed by atoms with van der Waals surface area (Å²) in [4.78, 5) is 1.84. The van der Waals surface area contributed by atoms with E-state index in [4.69, 9.17) is 5.73 Å². The van der Waals surface area contributed by atoms with Crippen LogP contribution >= 0.6 is 0 Å². The molecule has 0 bridgehead atoms. The summed E-state index contributed by atoms with van der Waals surface area (Å²) in [6.45, 7) is 1.35. The lowest BCUT2D eigenvalue weighted by Crippen LogP contribution is -2.22. The molecule has 1 aliphatic rings. The van der Waals surface area contributed by atoms with Crippen LogP contribution < -0.4 is 10.6 Å². The SMILES string of the molecule is Nc1ccc(F)c(F)c1N1CCC(c2ccccc2)C1. The molecule has 0 saturated carbocycles. The molecular weight excluding hydrogens is 258 g/mol. The average Bonchev–Trinajstić information content (AvgIpc) is 2.94. The molecule has 0 spiro atoms. The third kappa shape index (κ3) is 2.22. The molecule has 2 N–H and O–H groups in total. The number of halogens is 2. The highest BCUT2D eigenvalue weighted by Crippen LogP contribution is 2.35. The summed E-state index contributed by atoms with van der Waals surface area (Å²) in [6.07, 6.45) is 0.916. The summed E-state index contributed by atoms with van der Waals surface area (Å²) < 4.78 is 27.3. The fourth-order valence-corrected chi connectivity index (χ4v) is 2.84. The van der Waals surface area contributed by atoms with Gasteiger partial charge in [0.15, 0.2) is 11.6 Å². The highest BCUT2D eigenvalue weighted by atomic mass is 19.2. The molecule has 20 heavy (non-hydrogen) atoms. The van der Waals surface area contributed by atoms with Gasteiger partial charge in [0.25, 0.3) is 0 Å². The van der Waals surface area contributed by atoms with Gasteiger partial charge in [-0.2, -0.15) is 0 Å². The second-order valence-electron chi connectivity index (χ2n) is 5.14. The van der Waals surface area contributed by atoms with Gasteiger partial charge >= 0.3 is 0 Å². The van der Waals surface area contributed by atoms with Gasteiger partial charge in [0.05, 0.1) is 11.4 Å². The quantitative estimate of drug-likeness (QED) is 0.849. The molecule has 2 aromatic rings. The predicted octanol–water partition coefficient (Wildman–Crippen LogP) is 3.54. The standard InChI is InChI=1S/C16H16F2N2/c17-13-6-7-14(19)16(15(13)18)20-9-8-12(10-20)11-4-2-1-3-5-11/h1-7,12H,8-10,19H2. The van der Waals surface area contributed by atoms with Crippen LogP contribution in [0.4, 0.5) is 20.2 Å². The van der Waals surface area contributed by atoms with E-state index in [9.17, 15) is 8.78 Å². The molecular formula is C16H16F2N2. The summed E-state index contributed by atoms with van der Waals surface area (Å²) in [7, 11) is 0. The first-order valence-electron chi connectivity index (χ1n) is 6.70. The molecule has 0 amide bonds. The van der Waals surface area contributed by atoms with E-state index >= 15 is 0 Å². The van der Waals surface area contributed by atoms with Crippen LogP contribution in [0.25, 0.3) is 0 Å². The van der Waals surface area contributed by atoms with Gasteiger partial charge in [0.1, 0.15) is 0 Å². The van der Waals surface area contributed by atoms with Gasteiger partial charge < -0.3 is 10.6 Å². The van der Waals surface area contributed by atoms with Crippen LogP contribution in [0.1, 0.15) is 17.9 Å². The summed E-state index contributed by atoms with van der Waals surface area (Å²) in [5.41, 5.74) is 7.52. The summed E-state index contributed by atoms with van der Waals surface area (Å²) in [5.74, 6) is -1.37. The molecule has 1 fully saturated rings. The molecule has 2 nitrogen and oxygen atoms in total. The van der Waals surface area contributed by atoms with Crippen molar-refractivity contribution in [3.63, 3.8) is 0 Å². The third-order valence-electron chi connectivity index (χ3n) is 3.88. The lowest BCUT2D eigenvalue weighted by molar-refractivity contribution is 0.508. The zero-order valence-electron chi connectivity index (χ0n) is 11.0. The molecule has 0 radical (unpaired) electrons. The van der Waals surface area contributed by atoms with Crippen molar-refractivity contribution in [1.82, 2.24) is 0 Å². The molecule has 1 unspecified atom stereocenters. The van der Waals surface area contributed by atoms with E-state index in [1.54, 1.807) is 0 Å². The van der Waals surface area contributed by atoms with Gasteiger partial charge in [-0.1, -0.05) is 30.3 Å². The van der Waals surface area contributed by atoms with E-state index in [0.29, 0.717) is 19.0 Å². The number of rotatable bonds is 2. The van der Waals surface area contributed by atoms with E-state index in [1.807, 2.05) is 23.1 Å². The van der Waals surface area contributed by atoms with Crippen LogP contribution in [-0.4, -0.2) is 13.1 Å². The Morgan fingerprint density at radius 3 is 2.55 bits per heavy atom. The van der Waals surface area contributed by atoms with Crippen LogP contribution in [0.2, 0.25) is 0 Å². The maximum atomic E-state index is 13.9. The van der Waals surface area contributed by atoms with Crippen molar-refractivity contribution in [3.05, 3.63) is 59.7 Å². The Morgan fingerprint density at radius 1 is 1.05 bits per heavy atom. The Labute approximate surface area is 116 Å². The number of anilines is 2. The Kier molecular flexibility index (Phi) is 3.30. The second-order valence-corrected chi connectivity index (χ2v) is 5.14. The highest BCUT2D eigenvalue weighted by Gasteiger charge is 2.28. The number of nitrogen functional groups attached to an aromatic ring is 1. The van der Waals surface area contributed by atoms with Gasteiger partial charge in [0.2, 0.25) is 0 Å². The first-order valence-corrected chi connectivity index (χ1v) is 6.70. The number of nitrogens with two attached hydrogens (primary N) is 1. The number of benzene rings is 2. The Bertz CT molecular complexity index is 613. The molecule has 4 heteroatoms. The monoisotopic (exact) mass is 274 g/mol. The third-order valence-corrected chi connectivity index (χ3v) is 3.88. The minimum absolute atomic E-state index is 0.198. The first kappa shape index (κ1) is 12.9. The van der Waals surface area contributed by atoms with Crippen molar-refractivity contribution in [2.24, 2.45) is 0 Å². The molecule has 1 saturated heterocycles. The topological polar surface area (TPSA) is 29.3 Å². The van der Waals surface area contributed by atoms with E-state index < -0.39 is 11.6 Å². The maximum Gasteiger partial charge on any atom is 0.184 e. The fourth-order valence-electron chi connectivity index (χ4n) is 2.84. The maximum absolute atomic E-state index is 13.9. The Hall–Kier alpha value is -2.10. The summed E-state index contributed by atoms with van der Waals surface area (Å²) >= 11 is 0. The van der Waals surface area contributed by atoms with Gasteiger partial charge in [-0.05, 0) is 24.1 Å². The molecule has 0 aliphatic carbocycles. The van der Waals surface area contributed by atoms with Crippen LogP contribution in [0, 0.1) is 11.6 Å². The van der Waals surface area contributed by atoms with E-state index in [2.05, 4.69) is 12.1 Å². The van der Waals surface area contributed by atoms with Crippen molar-refractivity contribution in [2.75, 3.05) is 23.7 Å². The van der Waals surface area contributed by atoms with Crippen LogP contribution in [0.3, 0.4) is 0 Å². The number of hydrogen-bond acceptors (Lipinski definition) is 2. The van der Waals surface area contributed by atoms with Crippen molar-refractivity contribution in [1.29, 1.82) is 0 Å². The minimum atomic E-state index is -0.850. The molecule has 1 aliphatic heterocycles. The predicted molar refractivity (Wildman–Crippen MR) is 76.8 cm³/mol. The van der Waals surface area contributed by atoms with Crippen LogP contribution in [0.15, 0.2) is 42.5 Å². The van der Waals surface area contributed by atoms with Crippen molar-refractivity contribution < 1.29 is 8.78 Å². The molecule has 1 heterocycles. The van der Waals surface area contributed by atoms with Crippen LogP contribution in [-0.2, 0) is 0 Å². The lowest BCUT2D eigenvalue weighted by Gasteiger charge is -2.21. The largest absolute Gasteiger partial charge is 0.397 e. The van der Waals surface area contributed by atoms with Crippen molar-refractivity contribution in [3.8, 4) is 0 Å². The normalized spacial score (nSPS) is 18.5. The van der Waals surface area contributed by atoms with Gasteiger partial charge in [0, 0.05) is 19.0 Å². The average molecular weight is 274 g/mol. The van der Waals surface area contributed by atoms with Gasteiger partial charge in [-0.25, -0.2) is 8.78 Å². The summed E-state index contributed by atoms with van der Waals surface area (Å²) in [5, 5.41) is 0. The molecule has 1 atom stereocenters. The zero-order valence-corrected chi connectivity index (χ0v) is 11.0. The van der Waals surface area contributed by atoms with Crippen molar-refractivity contribution >= 4 is 11.4 Å². The fraction of sp³-hybridized carbons (Fsp3) is 0.250. The Balaban J connectivity index is 1.86. The van der Waals surface area contributed by atoms with Gasteiger partial charge in [-0.3, -0.25) is 0 Å². The minimum Gasteiger partial charge on any atom is -0.397 e. The lowest BCUT2D eigenvalue weighted by atomic mass is 9.99.